The van der Waals surface area contributed by atoms with Gasteiger partial charge >= 0.3 is 0 Å². The van der Waals surface area contributed by atoms with Gasteiger partial charge in [0.05, 0.1) is 21.8 Å². The summed E-state index contributed by atoms with van der Waals surface area (Å²) >= 11 is 19.4. The van der Waals surface area contributed by atoms with Crippen molar-refractivity contribution in [1.82, 2.24) is 4.98 Å². The summed E-state index contributed by atoms with van der Waals surface area (Å²) in [5.41, 5.74) is 6.16. The highest BCUT2D eigenvalue weighted by Crippen LogP contribution is 2.39. The molecule has 0 amide bonds. The highest BCUT2D eigenvalue weighted by molar-refractivity contribution is 7.19. The largest absolute Gasteiger partial charge is 0.506 e. The smallest absolute Gasteiger partial charge is 0.204 e. The van der Waals surface area contributed by atoms with E-state index >= 15 is 0 Å². The van der Waals surface area contributed by atoms with Gasteiger partial charge in [-0.3, -0.25) is 5.43 Å². The van der Waals surface area contributed by atoms with Crippen LogP contribution in [0.5, 0.6) is 5.75 Å². The summed E-state index contributed by atoms with van der Waals surface area (Å²) in [7, 11) is 0. The molecule has 0 aliphatic heterocycles. The van der Waals surface area contributed by atoms with Gasteiger partial charge in [0.1, 0.15) is 5.75 Å². The fourth-order valence-electron chi connectivity index (χ4n) is 2.80. The van der Waals surface area contributed by atoms with Crippen molar-refractivity contribution < 1.29 is 5.11 Å². The number of anilines is 1. The topological polar surface area (TPSA) is 57.5 Å². The maximum absolute atomic E-state index is 10.1. The lowest BCUT2D eigenvalue weighted by molar-refractivity contribution is 0.475. The fraction of sp³-hybridized carbons (Fsp3) is 0. The normalized spacial score (nSPS) is 11.2. The van der Waals surface area contributed by atoms with Crippen molar-refractivity contribution in [2.75, 3.05) is 5.43 Å². The van der Waals surface area contributed by atoms with Crippen LogP contribution in [0.15, 0.2) is 71.8 Å². The van der Waals surface area contributed by atoms with Crippen LogP contribution in [-0.4, -0.2) is 16.3 Å². The van der Waals surface area contributed by atoms with Crippen molar-refractivity contribution in [3.63, 3.8) is 0 Å². The maximum atomic E-state index is 10.1. The Morgan fingerprint density at radius 1 is 0.900 bits per heavy atom. The summed E-state index contributed by atoms with van der Waals surface area (Å²) in [4.78, 5) is 5.72. The van der Waals surface area contributed by atoms with Gasteiger partial charge in [-0.15, -0.1) is 0 Å². The van der Waals surface area contributed by atoms with Crippen LogP contribution in [0.1, 0.15) is 5.56 Å². The first-order valence-electron chi connectivity index (χ1n) is 8.80. The van der Waals surface area contributed by atoms with Crippen LogP contribution in [-0.2, 0) is 0 Å². The first-order chi connectivity index (χ1) is 14.5. The minimum Gasteiger partial charge on any atom is -0.506 e. The van der Waals surface area contributed by atoms with Crippen molar-refractivity contribution in [2.24, 2.45) is 5.10 Å². The van der Waals surface area contributed by atoms with E-state index in [9.17, 15) is 5.11 Å². The van der Waals surface area contributed by atoms with Gasteiger partial charge in [0.25, 0.3) is 0 Å². The van der Waals surface area contributed by atoms with Gasteiger partial charge in [0, 0.05) is 21.2 Å². The lowest BCUT2D eigenvalue weighted by atomic mass is 10.1. The molecule has 2 N–H and O–H groups in total. The summed E-state index contributed by atoms with van der Waals surface area (Å²) in [5.74, 6) is -0.0856. The third-order valence-electron chi connectivity index (χ3n) is 4.20. The number of phenols is 1. The first kappa shape index (κ1) is 20.7. The van der Waals surface area contributed by atoms with E-state index in [0.29, 0.717) is 20.7 Å². The molecule has 0 fully saturated rings. The summed E-state index contributed by atoms with van der Waals surface area (Å²) in [6, 6.07) is 20.6. The Hall–Kier alpha value is -2.57. The second-order valence-corrected chi connectivity index (χ2v) is 8.54. The molecular weight excluding hydrogens is 461 g/mol. The molecule has 8 heteroatoms. The highest BCUT2D eigenvalue weighted by atomic mass is 35.5. The summed E-state index contributed by atoms with van der Waals surface area (Å²) in [5, 5.41) is 16.1. The molecule has 0 saturated heterocycles. The number of nitrogens with one attached hydrogen (secondary N) is 1. The number of hydrogen-bond acceptors (Lipinski definition) is 5. The average Bonchev–Trinajstić information content (AvgIpc) is 3.17. The number of rotatable bonds is 5. The second kappa shape index (κ2) is 9.06. The molecule has 0 radical (unpaired) electrons. The molecule has 150 valence electrons. The molecule has 0 unspecified atom stereocenters. The van der Waals surface area contributed by atoms with E-state index in [1.165, 1.54) is 23.6 Å². The molecule has 0 spiro atoms. The molecule has 30 heavy (non-hydrogen) atoms. The SMILES string of the molecule is Oc1c(Cl)cc(Cl)cc1/C=N/Nc1nc(-c2ccc(Cl)cc2)c(-c2ccccc2)s1. The molecular formula is C22H14Cl3N3OS. The number of hydrogen-bond donors (Lipinski definition) is 2. The molecule has 0 aliphatic rings. The first-order valence-corrected chi connectivity index (χ1v) is 10.8. The molecule has 0 aliphatic carbocycles. The molecule has 0 bridgehead atoms. The summed E-state index contributed by atoms with van der Waals surface area (Å²) in [6.07, 6.45) is 1.44. The molecule has 1 heterocycles. The van der Waals surface area contributed by atoms with E-state index in [-0.39, 0.29) is 10.8 Å². The third-order valence-corrected chi connectivity index (χ3v) is 5.97. The fourth-order valence-corrected chi connectivity index (χ4v) is 4.38. The van der Waals surface area contributed by atoms with E-state index in [2.05, 4.69) is 10.5 Å². The zero-order valence-corrected chi connectivity index (χ0v) is 18.4. The lowest BCUT2D eigenvalue weighted by Crippen LogP contribution is -1.91. The van der Waals surface area contributed by atoms with Crippen LogP contribution in [0.4, 0.5) is 5.13 Å². The van der Waals surface area contributed by atoms with Gasteiger partial charge in [-0.2, -0.15) is 5.10 Å². The van der Waals surface area contributed by atoms with Crippen molar-refractivity contribution in [3.05, 3.63) is 87.4 Å². The van der Waals surface area contributed by atoms with Crippen LogP contribution < -0.4 is 5.43 Å². The number of nitrogens with zero attached hydrogens (tertiary/aromatic N) is 2. The minimum atomic E-state index is -0.0856. The number of phenolic OH excluding ortho intramolecular Hbond substituents is 1. The molecule has 4 aromatic rings. The molecule has 4 nitrogen and oxygen atoms in total. The van der Waals surface area contributed by atoms with Crippen molar-refractivity contribution in [3.8, 4) is 27.4 Å². The Morgan fingerprint density at radius 3 is 2.37 bits per heavy atom. The van der Waals surface area contributed by atoms with E-state index in [4.69, 9.17) is 39.8 Å². The number of halogens is 3. The van der Waals surface area contributed by atoms with Gasteiger partial charge in [-0.1, -0.05) is 88.6 Å². The van der Waals surface area contributed by atoms with E-state index in [1.807, 2.05) is 54.6 Å². The van der Waals surface area contributed by atoms with E-state index in [1.54, 1.807) is 6.07 Å². The number of thiazole rings is 1. The Balaban J connectivity index is 1.67. The second-order valence-electron chi connectivity index (χ2n) is 6.27. The number of aromatic hydroxyl groups is 1. The van der Waals surface area contributed by atoms with E-state index in [0.717, 1.165) is 21.7 Å². The van der Waals surface area contributed by atoms with Gasteiger partial charge in [0.2, 0.25) is 5.13 Å². The predicted octanol–water partition coefficient (Wildman–Crippen LogP) is 7.59. The highest BCUT2D eigenvalue weighted by Gasteiger charge is 2.15. The molecule has 1 aromatic heterocycles. The van der Waals surface area contributed by atoms with Gasteiger partial charge < -0.3 is 5.11 Å². The van der Waals surface area contributed by atoms with Crippen LogP contribution in [0.2, 0.25) is 15.1 Å². The van der Waals surface area contributed by atoms with Gasteiger partial charge in [-0.25, -0.2) is 4.98 Å². The predicted molar refractivity (Wildman–Crippen MR) is 127 cm³/mol. The number of hydrazone groups is 1. The third kappa shape index (κ3) is 4.60. The summed E-state index contributed by atoms with van der Waals surface area (Å²) in [6.45, 7) is 0. The van der Waals surface area contributed by atoms with Crippen LogP contribution in [0, 0.1) is 0 Å². The molecule has 0 saturated carbocycles. The molecule has 0 atom stereocenters. The van der Waals surface area contributed by atoms with Crippen LogP contribution in [0.3, 0.4) is 0 Å². The average molecular weight is 475 g/mol. The van der Waals surface area contributed by atoms with Gasteiger partial charge in [-0.05, 0) is 29.8 Å². The van der Waals surface area contributed by atoms with Gasteiger partial charge in [0.15, 0.2) is 0 Å². The zero-order valence-electron chi connectivity index (χ0n) is 15.3. The zero-order chi connectivity index (χ0) is 21.1. The van der Waals surface area contributed by atoms with Crippen molar-refractivity contribution >= 4 is 57.5 Å². The number of benzene rings is 3. The molecule has 3 aromatic carbocycles. The van der Waals surface area contributed by atoms with E-state index < -0.39 is 0 Å². The van der Waals surface area contributed by atoms with Crippen molar-refractivity contribution in [2.45, 2.75) is 0 Å². The Kier molecular flexibility index (Phi) is 6.25. The Morgan fingerprint density at radius 2 is 1.63 bits per heavy atom. The monoisotopic (exact) mass is 473 g/mol. The minimum absolute atomic E-state index is 0.0856. The molecule has 4 rings (SSSR count). The quantitative estimate of drug-likeness (QED) is 0.231. The standard InChI is InChI=1S/C22H14Cl3N3OS/c23-16-8-6-13(7-9-16)19-21(14-4-2-1-3-5-14)30-22(27-19)28-26-12-15-10-17(24)11-18(25)20(15)29/h1-12,29H,(H,27,28)/b26-12+. The Bertz CT molecular complexity index is 1210. The van der Waals surface area contributed by atoms with Crippen LogP contribution in [0.25, 0.3) is 21.7 Å². The Labute approximate surface area is 192 Å². The van der Waals surface area contributed by atoms with Crippen LogP contribution >= 0.6 is 46.1 Å². The lowest BCUT2D eigenvalue weighted by Gasteiger charge is -2.02. The van der Waals surface area contributed by atoms with Crippen molar-refractivity contribution in [1.29, 1.82) is 0 Å². The summed E-state index contributed by atoms with van der Waals surface area (Å²) < 4.78 is 0. The maximum Gasteiger partial charge on any atom is 0.204 e. The number of aromatic nitrogens is 1.